The Bertz CT molecular complexity index is 527. The maximum Gasteiger partial charge on any atom is 0.329 e. The topological polar surface area (TPSA) is 80.9 Å². The molecule has 0 aliphatic heterocycles. The molecule has 1 aliphatic rings. The van der Waals surface area contributed by atoms with Crippen molar-refractivity contribution in [3.8, 4) is 0 Å². The number of nitrogens with two attached hydrogens (primary N) is 1. The minimum absolute atomic E-state index is 0.241. The molecule has 17 heavy (non-hydrogen) atoms. The molecule has 5 nitrogen and oxygen atoms in total. The molecule has 0 saturated heterocycles. The minimum atomic E-state index is -0.440. The Morgan fingerprint density at radius 2 is 2.24 bits per heavy atom. The van der Waals surface area contributed by atoms with E-state index in [9.17, 15) is 9.59 Å². The van der Waals surface area contributed by atoms with Crippen molar-refractivity contribution >= 4 is 5.82 Å². The van der Waals surface area contributed by atoms with Crippen LogP contribution in [-0.2, 0) is 6.54 Å². The van der Waals surface area contributed by atoms with Gasteiger partial charge in [-0.1, -0.05) is 12.2 Å². The van der Waals surface area contributed by atoms with Crippen molar-refractivity contribution in [2.75, 3.05) is 5.73 Å². The quantitative estimate of drug-likeness (QED) is 0.763. The van der Waals surface area contributed by atoms with Crippen molar-refractivity contribution < 1.29 is 0 Å². The summed E-state index contributed by atoms with van der Waals surface area (Å²) in [4.78, 5) is 24.8. The van der Waals surface area contributed by atoms with Crippen LogP contribution in [0.1, 0.15) is 25.7 Å². The van der Waals surface area contributed by atoms with Crippen LogP contribution in [0.15, 0.2) is 27.8 Å². The number of allylic oxidation sites excluding steroid dienone is 2. The molecule has 0 aromatic carbocycles. The van der Waals surface area contributed by atoms with Gasteiger partial charge in [0.1, 0.15) is 5.82 Å². The molecule has 2 rings (SSSR count). The van der Waals surface area contributed by atoms with Crippen LogP contribution in [0, 0.1) is 5.92 Å². The number of hydrogen-bond donors (Lipinski definition) is 2. The lowest BCUT2D eigenvalue weighted by Gasteiger charge is -2.18. The third kappa shape index (κ3) is 2.87. The van der Waals surface area contributed by atoms with E-state index in [0.29, 0.717) is 12.5 Å². The number of nitrogen functional groups attached to an aromatic ring is 1. The largest absolute Gasteiger partial charge is 0.385 e. The number of aromatic amines is 1. The lowest BCUT2D eigenvalue weighted by Crippen LogP contribution is -2.31. The van der Waals surface area contributed by atoms with Crippen LogP contribution in [0.2, 0.25) is 0 Å². The van der Waals surface area contributed by atoms with Crippen LogP contribution in [0.3, 0.4) is 0 Å². The third-order valence-electron chi connectivity index (χ3n) is 3.20. The first-order valence-electron chi connectivity index (χ1n) is 5.91. The molecule has 0 saturated carbocycles. The Morgan fingerprint density at radius 1 is 1.41 bits per heavy atom. The predicted octanol–water partition coefficient (Wildman–Crippen LogP) is 0.865. The second kappa shape index (κ2) is 5.03. The summed E-state index contributed by atoms with van der Waals surface area (Å²) in [6.07, 6.45) is 8.64. The SMILES string of the molecule is Nc1cc(=O)[nH]c(=O)n1CC[C@H]1CC=CCC1. The second-order valence-electron chi connectivity index (χ2n) is 4.45. The molecule has 0 spiro atoms. The minimum Gasteiger partial charge on any atom is -0.385 e. The number of nitrogens with one attached hydrogen (secondary N) is 1. The van der Waals surface area contributed by atoms with E-state index in [2.05, 4.69) is 17.1 Å². The average molecular weight is 235 g/mol. The number of aromatic nitrogens is 2. The number of anilines is 1. The summed E-state index contributed by atoms with van der Waals surface area (Å²) in [5, 5.41) is 0. The first-order chi connectivity index (χ1) is 8.16. The Balaban J connectivity index is 2.06. The number of nitrogens with zero attached hydrogens (tertiary/aromatic N) is 1. The van der Waals surface area contributed by atoms with Gasteiger partial charge in [0, 0.05) is 12.6 Å². The number of hydrogen-bond acceptors (Lipinski definition) is 3. The molecular weight excluding hydrogens is 218 g/mol. The Labute approximate surface area is 99.0 Å². The molecule has 0 amide bonds. The van der Waals surface area contributed by atoms with E-state index in [4.69, 9.17) is 5.73 Å². The van der Waals surface area contributed by atoms with Crippen LogP contribution in [0.4, 0.5) is 5.82 Å². The first-order valence-corrected chi connectivity index (χ1v) is 5.91. The van der Waals surface area contributed by atoms with E-state index in [0.717, 1.165) is 25.7 Å². The van der Waals surface area contributed by atoms with Crippen LogP contribution in [0.5, 0.6) is 0 Å². The normalized spacial score (nSPS) is 19.4. The van der Waals surface area contributed by atoms with Gasteiger partial charge in [-0.25, -0.2) is 4.79 Å². The Kier molecular flexibility index (Phi) is 3.46. The fourth-order valence-electron chi connectivity index (χ4n) is 2.20. The number of H-pyrrole nitrogens is 1. The molecule has 1 aromatic heterocycles. The van der Waals surface area contributed by atoms with Gasteiger partial charge in [-0.15, -0.1) is 0 Å². The van der Waals surface area contributed by atoms with Crippen LogP contribution < -0.4 is 17.0 Å². The summed E-state index contributed by atoms with van der Waals surface area (Å²) >= 11 is 0. The van der Waals surface area contributed by atoms with Gasteiger partial charge in [0.15, 0.2) is 0 Å². The smallest absolute Gasteiger partial charge is 0.329 e. The lowest BCUT2D eigenvalue weighted by molar-refractivity contribution is 0.410. The molecule has 0 radical (unpaired) electrons. The van der Waals surface area contributed by atoms with Gasteiger partial charge in [-0.05, 0) is 31.6 Å². The average Bonchev–Trinajstić information content (AvgIpc) is 2.29. The van der Waals surface area contributed by atoms with Gasteiger partial charge in [0.25, 0.3) is 5.56 Å². The molecule has 92 valence electrons. The van der Waals surface area contributed by atoms with E-state index < -0.39 is 11.2 Å². The lowest BCUT2D eigenvalue weighted by atomic mass is 9.91. The molecule has 1 aromatic rings. The van der Waals surface area contributed by atoms with Crippen molar-refractivity contribution in [1.82, 2.24) is 9.55 Å². The third-order valence-corrected chi connectivity index (χ3v) is 3.20. The summed E-state index contributed by atoms with van der Waals surface area (Å²) in [5.41, 5.74) is 4.81. The monoisotopic (exact) mass is 235 g/mol. The summed E-state index contributed by atoms with van der Waals surface area (Å²) in [6, 6.07) is 1.25. The van der Waals surface area contributed by atoms with Gasteiger partial charge in [0.2, 0.25) is 0 Å². The van der Waals surface area contributed by atoms with Gasteiger partial charge < -0.3 is 5.73 Å². The Hall–Kier alpha value is -1.78. The molecule has 1 aliphatic carbocycles. The highest BCUT2D eigenvalue weighted by atomic mass is 16.2. The van der Waals surface area contributed by atoms with Crippen molar-refractivity contribution in [3.05, 3.63) is 39.1 Å². The molecule has 1 heterocycles. The maximum absolute atomic E-state index is 11.5. The van der Waals surface area contributed by atoms with Crippen LogP contribution in [0.25, 0.3) is 0 Å². The standard InChI is InChI=1S/C12H17N3O2/c13-10-8-11(16)14-12(17)15(10)7-6-9-4-2-1-3-5-9/h1-2,8-9H,3-7,13H2,(H,14,16,17)/t9-/m0/s1. The van der Waals surface area contributed by atoms with Crippen LogP contribution >= 0.6 is 0 Å². The molecule has 5 heteroatoms. The first kappa shape index (κ1) is 11.7. The highest BCUT2D eigenvalue weighted by molar-refractivity contribution is 5.25. The summed E-state index contributed by atoms with van der Waals surface area (Å²) < 4.78 is 1.43. The second-order valence-corrected chi connectivity index (χ2v) is 4.45. The van der Waals surface area contributed by atoms with E-state index in [1.54, 1.807) is 0 Å². The molecule has 1 atom stereocenters. The molecule has 0 fully saturated rings. The molecule has 0 unspecified atom stereocenters. The van der Waals surface area contributed by atoms with Crippen LogP contribution in [-0.4, -0.2) is 9.55 Å². The zero-order chi connectivity index (χ0) is 12.3. The van der Waals surface area contributed by atoms with Gasteiger partial charge in [-0.3, -0.25) is 14.3 Å². The molecule has 3 N–H and O–H groups in total. The zero-order valence-electron chi connectivity index (χ0n) is 9.69. The fourth-order valence-corrected chi connectivity index (χ4v) is 2.20. The highest BCUT2D eigenvalue weighted by Gasteiger charge is 2.11. The zero-order valence-corrected chi connectivity index (χ0v) is 9.69. The van der Waals surface area contributed by atoms with Crippen molar-refractivity contribution in [3.63, 3.8) is 0 Å². The van der Waals surface area contributed by atoms with Gasteiger partial charge in [0.05, 0.1) is 0 Å². The highest BCUT2D eigenvalue weighted by Crippen LogP contribution is 2.21. The van der Waals surface area contributed by atoms with Crippen molar-refractivity contribution in [1.29, 1.82) is 0 Å². The van der Waals surface area contributed by atoms with Crippen molar-refractivity contribution in [2.45, 2.75) is 32.2 Å². The fraction of sp³-hybridized carbons (Fsp3) is 0.500. The van der Waals surface area contributed by atoms with Gasteiger partial charge in [-0.2, -0.15) is 0 Å². The van der Waals surface area contributed by atoms with Gasteiger partial charge >= 0.3 is 5.69 Å². The van der Waals surface area contributed by atoms with E-state index in [-0.39, 0.29) is 5.82 Å². The molecular formula is C12H17N3O2. The number of rotatable bonds is 3. The van der Waals surface area contributed by atoms with E-state index in [1.165, 1.54) is 10.6 Å². The predicted molar refractivity (Wildman–Crippen MR) is 66.8 cm³/mol. The summed E-state index contributed by atoms with van der Waals surface area (Å²) in [7, 11) is 0. The summed E-state index contributed by atoms with van der Waals surface area (Å²) in [6.45, 7) is 0.569. The van der Waals surface area contributed by atoms with E-state index >= 15 is 0 Å². The molecule has 0 bridgehead atoms. The maximum atomic E-state index is 11.5. The summed E-state index contributed by atoms with van der Waals surface area (Å²) in [5.74, 6) is 0.850. The van der Waals surface area contributed by atoms with E-state index in [1.807, 2.05) is 0 Å². The van der Waals surface area contributed by atoms with Crippen molar-refractivity contribution in [2.24, 2.45) is 5.92 Å². The Morgan fingerprint density at radius 3 is 2.88 bits per heavy atom.